The second-order valence-corrected chi connectivity index (χ2v) is 6.61. The van der Waals surface area contributed by atoms with Gasteiger partial charge in [0.1, 0.15) is 17.5 Å². The molecule has 110 valence electrons. The van der Waals surface area contributed by atoms with E-state index in [1.54, 1.807) is 0 Å². The van der Waals surface area contributed by atoms with Gasteiger partial charge in [-0.1, -0.05) is 15.9 Å². The summed E-state index contributed by atoms with van der Waals surface area (Å²) in [5.74, 6) is 0.969. The number of benzene rings is 1. The van der Waals surface area contributed by atoms with Crippen LogP contribution in [0.25, 0.3) is 0 Å². The molecule has 20 heavy (non-hydrogen) atoms. The molecule has 2 heterocycles. The van der Waals surface area contributed by atoms with Crippen molar-refractivity contribution in [2.45, 2.75) is 37.6 Å². The third kappa shape index (κ3) is 2.86. The molecule has 0 saturated carbocycles. The zero-order valence-electron chi connectivity index (χ0n) is 11.6. The quantitative estimate of drug-likeness (QED) is 0.877. The number of rotatable bonds is 4. The van der Waals surface area contributed by atoms with Crippen LogP contribution in [0, 0.1) is 0 Å². The summed E-state index contributed by atoms with van der Waals surface area (Å²) in [5.41, 5.74) is 0.497. The molecule has 2 aliphatic heterocycles. The first kappa shape index (κ1) is 14.3. The van der Waals surface area contributed by atoms with Crippen LogP contribution < -0.4 is 10.1 Å². The molecule has 3 unspecified atom stereocenters. The van der Waals surface area contributed by atoms with Gasteiger partial charge in [-0.2, -0.15) is 0 Å². The largest absolute Gasteiger partial charge is 0.488 e. The molecule has 1 saturated heterocycles. The van der Waals surface area contributed by atoms with Crippen LogP contribution in [0.3, 0.4) is 0 Å². The van der Waals surface area contributed by atoms with Crippen molar-refractivity contribution >= 4 is 15.9 Å². The lowest BCUT2D eigenvalue weighted by molar-refractivity contribution is -0.0269. The van der Waals surface area contributed by atoms with Gasteiger partial charge in [0.05, 0.1) is 6.10 Å². The number of nitrogens with one attached hydrogen (secondary N) is 1. The molecular formula is C15H20BrNO3. The van der Waals surface area contributed by atoms with Crippen LogP contribution in [0.2, 0.25) is 0 Å². The lowest BCUT2D eigenvalue weighted by atomic mass is 9.96. The van der Waals surface area contributed by atoms with Crippen LogP contribution in [-0.2, 0) is 11.2 Å². The molecule has 0 radical (unpaired) electrons. The van der Waals surface area contributed by atoms with E-state index in [1.807, 2.05) is 19.1 Å². The van der Waals surface area contributed by atoms with Gasteiger partial charge in [0.15, 0.2) is 0 Å². The fourth-order valence-corrected chi connectivity index (χ4v) is 3.26. The normalized spacial score (nSPS) is 32.1. The second-order valence-electron chi connectivity index (χ2n) is 5.69. The van der Waals surface area contributed by atoms with E-state index in [2.05, 4.69) is 27.3 Å². The summed E-state index contributed by atoms with van der Waals surface area (Å²) >= 11 is 3.48. The maximum absolute atomic E-state index is 10.4. The molecule has 4 nitrogen and oxygen atoms in total. The Morgan fingerprint density at radius 2 is 2.35 bits per heavy atom. The van der Waals surface area contributed by atoms with Gasteiger partial charge in [0.25, 0.3) is 0 Å². The van der Waals surface area contributed by atoms with Gasteiger partial charge in [0.2, 0.25) is 0 Å². The first-order valence-electron chi connectivity index (χ1n) is 7.07. The summed E-state index contributed by atoms with van der Waals surface area (Å²) in [7, 11) is 0. The van der Waals surface area contributed by atoms with Crippen LogP contribution in [0.4, 0.5) is 0 Å². The van der Waals surface area contributed by atoms with Gasteiger partial charge in [-0.3, -0.25) is 0 Å². The summed E-state index contributed by atoms with van der Waals surface area (Å²) in [6, 6.07) is 6.10. The standard InChI is InChI=1S/C15H20BrNO3/c1-10-15(18,4-5-19-10)9-17-8-13-7-11-6-12(16)2-3-14(11)20-13/h2-3,6,10,13,17-18H,4-5,7-9H2,1H3. The predicted octanol–water partition coefficient (Wildman–Crippen LogP) is 1.88. The van der Waals surface area contributed by atoms with Crippen LogP contribution in [0.1, 0.15) is 18.9 Å². The summed E-state index contributed by atoms with van der Waals surface area (Å²) in [4.78, 5) is 0. The van der Waals surface area contributed by atoms with Gasteiger partial charge in [0, 0.05) is 37.0 Å². The van der Waals surface area contributed by atoms with E-state index < -0.39 is 5.60 Å². The van der Waals surface area contributed by atoms with Crippen molar-refractivity contribution in [3.8, 4) is 5.75 Å². The van der Waals surface area contributed by atoms with E-state index in [1.165, 1.54) is 5.56 Å². The highest BCUT2D eigenvalue weighted by Gasteiger charge is 2.39. The number of fused-ring (bicyclic) bond motifs is 1. The Bertz CT molecular complexity index is 496. The molecule has 5 heteroatoms. The summed E-state index contributed by atoms with van der Waals surface area (Å²) in [5, 5.41) is 13.7. The van der Waals surface area contributed by atoms with Crippen LogP contribution >= 0.6 is 15.9 Å². The number of hydrogen-bond donors (Lipinski definition) is 2. The van der Waals surface area contributed by atoms with Crippen molar-refractivity contribution in [2.24, 2.45) is 0 Å². The molecule has 0 aromatic heterocycles. The molecule has 1 aromatic rings. The van der Waals surface area contributed by atoms with Crippen molar-refractivity contribution in [3.63, 3.8) is 0 Å². The van der Waals surface area contributed by atoms with Crippen molar-refractivity contribution in [1.82, 2.24) is 5.32 Å². The topological polar surface area (TPSA) is 50.7 Å². The molecule has 2 N–H and O–H groups in total. The number of hydrogen-bond acceptors (Lipinski definition) is 4. The second kappa shape index (κ2) is 5.64. The van der Waals surface area contributed by atoms with Gasteiger partial charge < -0.3 is 19.9 Å². The third-order valence-corrected chi connectivity index (χ3v) is 4.72. The predicted molar refractivity (Wildman–Crippen MR) is 80.1 cm³/mol. The van der Waals surface area contributed by atoms with Crippen LogP contribution in [0.5, 0.6) is 5.75 Å². The lowest BCUT2D eigenvalue weighted by Crippen LogP contribution is -2.47. The van der Waals surface area contributed by atoms with Gasteiger partial charge in [-0.15, -0.1) is 0 Å². The number of ether oxygens (including phenoxy) is 2. The van der Waals surface area contributed by atoms with Crippen molar-refractivity contribution in [3.05, 3.63) is 28.2 Å². The number of halogens is 1. The fraction of sp³-hybridized carbons (Fsp3) is 0.600. The average molecular weight is 342 g/mol. The average Bonchev–Trinajstić information content (AvgIpc) is 2.94. The highest BCUT2D eigenvalue weighted by Crippen LogP contribution is 2.31. The highest BCUT2D eigenvalue weighted by molar-refractivity contribution is 9.10. The smallest absolute Gasteiger partial charge is 0.123 e. The molecule has 2 aliphatic rings. The third-order valence-electron chi connectivity index (χ3n) is 4.23. The highest BCUT2D eigenvalue weighted by atomic mass is 79.9. The van der Waals surface area contributed by atoms with E-state index in [0.29, 0.717) is 19.6 Å². The van der Waals surface area contributed by atoms with E-state index in [0.717, 1.165) is 23.2 Å². The Balaban J connectivity index is 1.49. The minimum absolute atomic E-state index is 0.104. The van der Waals surface area contributed by atoms with Crippen molar-refractivity contribution in [1.29, 1.82) is 0 Å². The molecule has 0 spiro atoms. The molecule has 0 amide bonds. The SMILES string of the molecule is CC1OCCC1(O)CNCC1Cc2cc(Br)ccc2O1. The molecule has 0 bridgehead atoms. The van der Waals surface area contributed by atoms with E-state index in [9.17, 15) is 5.11 Å². The molecule has 1 aromatic carbocycles. The van der Waals surface area contributed by atoms with Crippen molar-refractivity contribution in [2.75, 3.05) is 19.7 Å². The first-order valence-corrected chi connectivity index (χ1v) is 7.86. The molecular weight excluding hydrogens is 322 g/mol. The van der Waals surface area contributed by atoms with E-state index >= 15 is 0 Å². The van der Waals surface area contributed by atoms with Crippen LogP contribution in [-0.4, -0.2) is 42.6 Å². The fourth-order valence-electron chi connectivity index (χ4n) is 2.86. The minimum atomic E-state index is -0.742. The van der Waals surface area contributed by atoms with Gasteiger partial charge in [-0.05, 0) is 30.7 Å². The number of aliphatic hydroxyl groups is 1. The Labute approximate surface area is 127 Å². The van der Waals surface area contributed by atoms with Gasteiger partial charge in [-0.25, -0.2) is 0 Å². The summed E-state index contributed by atoms with van der Waals surface area (Å²) < 4.78 is 12.4. The van der Waals surface area contributed by atoms with Crippen molar-refractivity contribution < 1.29 is 14.6 Å². The molecule has 1 fully saturated rings. The zero-order valence-corrected chi connectivity index (χ0v) is 13.1. The van der Waals surface area contributed by atoms with Gasteiger partial charge >= 0.3 is 0 Å². The summed E-state index contributed by atoms with van der Waals surface area (Å²) in [6.45, 7) is 3.85. The summed E-state index contributed by atoms with van der Waals surface area (Å²) in [6.07, 6.45) is 1.64. The first-order chi connectivity index (χ1) is 9.57. The Kier molecular flexibility index (Phi) is 4.04. The van der Waals surface area contributed by atoms with Crippen LogP contribution in [0.15, 0.2) is 22.7 Å². The monoisotopic (exact) mass is 341 g/mol. The minimum Gasteiger partial charge on any atom is -0.488 e. The van der Waals surface area contributed by atoms with E-state index in [-0.39, 0.29) is 12.2 Å². The maximum atomic E-state index is 10.4. The van der Waals surface area contributed by atoms with E-state index in [4.69, 9.17) is 9.47 Å². The molecule has 3 atom stereocenters. The Morgan fingerprint density at radius 1 is 1.50 bits per heavy atom. The Hall–Kier alpha value is -0.620. The molecule has 3 rings (SSSR count). The molecule has 0 aliphatic carbocycles. The lowest BCUT2D eigenvalue weighted by Gasteiger charge is -2.26. The zero-order chi connectivity index (χ0) is 14.2. The maximum Gasteiger partial charge on any atom is 0.123 e. The Morgan fingerprint density at radius 3 is 3.10 bits per heavy atom.